The lowest BCUT2D eigenvalue weighted by atomic mass is 10.00. The van der Waals surface area contributed by atoms with Crippen LogP contribution < -0.4 is 4.90 Å². The maximum absolute atomic E-state index is 13.5. The minimum Gasteiger partial charge on any atom is -0.447 e. The quantitative estimate of drug-likeness (QED) is 0.308. The minimum atomic E-state index is -0.819. The molecule has 1 saturated heterocycles. The molecule has 1 aliphatic rings. The van der Waals surface area contributed by atoms with E-state index in [0.29, 0.717) is 25.1 Å². The van der Waals surface area contributed by atoms with Crippen molar-refractivity contribution >= 4 is 23.8 Å². The van der Waals surface area contributed by atoms with E-state index < -0.39 is 29.8 Å². The van der Waals surface area contributed by atoms with Gasteiger partial charge in [0.25, 0.3) is 5.91 Å². The summed E-state index contributed by atoms with van der Waals surface area (Å²) in [5, 5.41) is 0. The molecule has 3 amide bonds. The average Bonchev–Trinajstić information content (AvgIpc) is 3.31. The van der Waals surface area contributed by atoms with Gasteiger partial charge < -0.3 is 14.2 Å². The molecule has 0 radical (unpaired) electrons. The highest BCUT2D eigenvalue weighted by atomic mass is 16.6. The number of imide groups is 1. The van der Waals surface area contributed by atoms with Gasteiger partial charge in [-0.1, -0.05) is 66.7 Å². The molecule has 216 valence electrons. The van der Waals surface area contributed by atoms with Crippen LogP contribution in [0.1, 0.15) is 38.8 Å². The summed E-state index contributed by atoms with van der Waals surface area (Å²) in [6.45, 7) is 7.82. The fourth-order valence-corrected chi connectivity index (χ4v) is 4.72. The summed E-state index contributed by atoms with van der Waals surface area (Å²) < 4.78 is 16.6. The normalized spacial score (nSPS) is 15.8. The number of benzene rings is 3. The summed E-state index contributed by atoms with van der Waals surface area (Å²) in [7, 11) is 1.68. The second kappa shape index (κ2) is 13.0. The largest absolute Gasteiger partial charge is 0.447 e. The smallest absolute Gasteiger partial charge is 0.417 e. The predicted molar refractivity (Wildman–Crippen MR) is 158 cm³/mol. The van der Waals surface area contributed by atoms with Crippen LogP contribution in [0.25, 0.3) is 11.1 Å². The number of hydrogen-bond donors (Lipinski definition) is 0. The van der Waals surface area contributed by atoms with Crippen molar-refractivity contribution in [3.8, 4) is 11.1 Å². The summed E-state index contributed by atoms with van der Waals surface area (Å²) in [4.78, 5) is 41.3. The van der Waals surface area contributed by atoms with Crippen LogP contribution in [0.5, 0.6) is 0 Å². The van der Waals surface area contributed by atoms with Crippen LogP contribution in [-0.4, -0.2) is 61.0 Å². The molecule has 0 aliphatic carbocycles. The first-order chi connectivity index (χ1) is 19.6. The molecule has 0 aromatic heterocycles. The summed E-state index contributed by atoms with van der Waals surface area (Å²) in [6, 6.07) is 24.8. The second-order valence-corrected chi connectivity index (χ2v) is 11.1. The van der Waals surface area contributed by atoms with Crippen LogP contribution in [0.3, 0.4) is 0 Å². The van der Waals surface area contributed by atoms with Gasteiger partial charge in [0, 0.05) is 25.8 Å². The van der Waals surface area contributed by atoms with Gasteiger partial charge in [0.2, 0.25) is 0 Å². The van der Waals surface area contributed by atoms with Gasteiger partial charge in [-0.05, 0) is 68.5 Å². The van der Waals surface area contributed by atoms with Gasteiger partial charge in [-0.2, -0.15) is 0 Å². The molecule has 1 heterocycles. The summed E-state index contributed by atoms with van der Waals surface area (Å²) in [5.41, 5.74) is 3.94. The van der Waals surface area contributed by atoms with Gasteiger partial charge in [0.1, 0.15) is 18.3 Å². The average molecular weight is 559 g/mol. The van der Waals surface area contributed by atoms with Crippen molar-refractivity contribution in [1.82, 2.24) is 4.90 Å². The van der Waals surface area contributed by atoms with E-state index in [0.717, 1.165) is 22.3 Å². The first-order valence-electron chi connectivity index (χ1n) is 13.9. The molecule has 4 rings (SSSR count). The van der Waals surface area contributed by atoms with Gasteiger partial charge >= 0.3 is 12.2 Å². The lowest BCUT2D eigenvalue weighted by Gasteiger charge is -2.25. The Morgan fingerprint density at radius 3 is 2.34 bits per heavy atom. The maximum atomic E-state index is 13.5. The molecule has 8 heteroatoms. The molecule has 0 N–H and O–H groups in total. The van der Waals surface area contributed by atoms with E-state index in [2.05, 4.69) is 0 Å². The topological polar surface area (TPSA) is 85.4 Å². The van der Waals surface area contributed by atoms with E-state index in [1.54, 1.807) is 7.05 Å². The van der Waals surface area contributed by atoms with Gasteiger partial charge in [0.15, 0.2) is 0 Å². The second-order valence-electron chi connectivity index (χ2n) is 11.1. The molecular formula is C33H38N2O6. The number of carbonyl (C=O) groups is 3. The number of amides is 3. The van der Waals surface area contributed by atoms with E-state index in [-0.39, 0.29) is 12.6 Å². The molecule has 0 saturated carbocycles. The third-order valence-electron chi connectivity index (χ3n) is 6.77. The maximum Gasteiger partial charge on any atom is 0.417 e. The molecule has 0 bridgehead atoms. The zero-order valence-corrected chi connectivity index (χ0v) is 24.3. The van der Waals surface area contributed by atoms with Crippen LogP contribution in [-0.2, 0) is 31.8 Å². The molecule has 1 fully saturated rings. The Labute approximate surface area is 241 Å². The van der Waals surface area contributed by atoms with Crippen LogP contribution in [0.15, 0.2) is 78.9 Å². The number of nitrogens with zero attached hydrogens (tertiary/aromatic N) is 2. The van der Waals surface area contributed by atoms with Crippen LogP contribution in [0, 0.1) is 0 Å². The van der Waals surface area contributed by atoms with Gasteiger partial charge in [-0.25, -0.2) is 14.5 Å². The van der Waals surface area contributed by atoms with Crippen LogP contribution in [0.2, 0.25) is 0 Å². The van der Waals surface area contributed by atoms with E-state index in [1.807, 2.05) is 107 Å². The fraction of sp³-hybridized carbons (Fsp3) is 0.364. The molecule has 3 aromatic carbocycles. The van der Waals surface area contributed by atoms with Crippen molar-refractivity contribution in [2.45, 2.75) is 58.3 Å². The zero-order chi connectivity index (χ0) is 29.6. The lowest BCUT2D eigenvalue weighted by molar-refractivity contribution is -0.141. The van der Waals surface area contributed by atoms with E-state index in [4.69, 9.17) is 14.2 Å². The highest BCUT2D eigenvalue weighted by Crippen LogP contribution is 2.27. The monoisotopic (exact) mass is 558 g/mol. The Balaban J connectivity index is 1.46. The third-order valence-corrected chi connectivity index (χ3v) is 6.77. The SMILES string of the molecule is CCO[C@@H](Cc1ccc(-c2cccc(N(C)C(=O)OC(C)(C)C)c2)cc1)C(=O)N1C(=O)OCC1Cc1ccccc1. The molecule has 41 heavy (non-hydrogen) atoms. The Kier molecular flexibility index (Phi) is 9.45. The number of anilines is 1. The summed E-state index contributed by atoms with van der Waals surface area (Å²) in [6.07, 6.45) is -1.04. The Morgan fingerprint density at radius 2 is 1.68 bits per heavy atom. The molecule has 0 spiro atoms. The Hall–Kier alpha value is -4.17. The first kappa shape index (κ1) is 29.8. The lowest BCUT2D eigenvalue weighted by Crippen LogP contribution is -2.47. The number of hydrogen-bond acceptors (Lipinski definition) is 6. The number of cyclic esters (lactones) is 1. The fourth-order valence-electron chi connectivity index (χ4n) is 4.72. The van der Waals surface area contributed by atoms with Crippen LogP contribution in [0.4, 0.5) is 15.3 Å². The minimum absolute atomic E-state index is 0.162. The van der Waals surface area contributed by atoms with E-state index in [1.165, 1.54) is 9.80 Å². The van der Waals surface area contributed by atoms with Crippen molar-refractivity contribution < 1.29 is 28.6 Å². The number of ether oxygens (including phenoxy) is 3. The van der Waals surface area contributed by atoms with Crippen molar-refractivity contribution in [3.63, 3.8) is 0 Å². The number of rotatable bonds is 9. The third kappa shape index (κ3) is 7.73. The molecule has 2 atom stereocenters. The molecule has 8 nitrogen and oxygen atoms in total. The van der Waals surface area contributed by atoms with E-state index >= 15 is 0 Å². The zero-order valence-electron chi connectivity index (χ0n) is 24.3. The predicted octanol–water partition coefficient (Wildman–Crippen LogP) is 6.26. The Bertz CT molecular complexity index is 1350. The van der Waals surface area contributed by atoms with Crippen molar-refractivity contribution in [1.29, 1.82) is 0 Å². The summed E-state index contributed by atoms with van der Waals surface area (Å²) in [5.74, 6) is -0.391. The standard InChI is InChI=1S/C33H38N2O6/c1-6-39-29(30(36)35-28(22-40-32(35)38)19-23-11-8-7-9-12-23)20-24-15-17-25(18-16-24)26-13-10-14-27(21-26)34(5)31(37)41-33(2,3)4/h7-18,21,28-29H,6,19-20,22H2,1-5H3/t28?,29-/m0/s1. The first-order valence-corrected chi connectivity index (χ1v) is 13.9. The highest BCUT2D eigenvalue weighted by Gasteiger charge is 2.41. The van der Waals surface area contributed by atoms with Crippen molar-refractivity contribution in [2.75, 3.05) is 25.2 Å². The Morgan fingerprint density at radius 1 is 0.976 bits per heavy atom. The summed E-state index contributed by atoms with van der Waals surface area (Å²) >= 11 is 0. The van der Waals surface area contributed by atoms with Gasteiger partial charge in [-0.3, -0.25) is 9.69 Å². The van der Waals surface area contributed by atoms with E-state index in [9.17, 15) is 14.4 Å². The highest BCUT2D eigenvalue weighted by molar-refractivity contribution is 5.96. The van der Waals surface area contributed by atoms with Crippen LogP contribution >= 0.6 is 0 Å². The van der Waals surface area contributed by atoms with Crippen molar-refractivity contribution in [2.24, 2.45) is 0 Å². The number of carbonyl (C=O) groups excluding carboxylic acids is 3. The molecule has 3 aromatic rings. The van der Waals surface area contributed by atoms with Gasteiger partial charge in [0.05, 0.1) is 6.04 Å². The molecular weight excluding hydrogens is 520 g/mol. The van der Waals surface area contributed by atoms with Crippen molar-refractivity contribution in [3.05, 3.63) is 90.0 Å². The molecule has 1 unspecified atom stereocenters. The van der Waals surface area contributed by atoms with Gasteiger partial charge in [-0.15, -0.1) is 0 Å². The molecule has 1 aliphatic heterocycles.